The van der Waals surface area contributed by atoms with E-state index >= 15 is 0 Å². The number of unbranched alkanes of at least 4 members (excludes halogenated alkanes) is 2. The van der Waals surface area contributed by atoms with Crippen LogP contribution in [-0.2, 0) is 10.9 Å². The Morgan fingerprint density at radius 1 is 1.40 bits per heavy atom. The van der Waals surface area contributed by atoms with Crippen LogP contribution in [0.3, 0.4) is 0 Å². The summed E-state index contributed by atoms with van der Waals surface area (Å²) in [5.74, 6) is 0.210. The Morgan fingerprint density at radius 3 is 2.87 bits per heavy atom. The van der Waals surface area contributed by atoms with Crippen LogP contribution in [0.5, 0.6) is 5.75 Å². The zero-order valence-electron chi connectivity index (χ0n) is 8.92. The molecule has 1 aromatic rings. The number of benzene rings is 1. The third-order valence-corrected chi connectivity index (χ3v) is 2.43. The monoisotopic (exact) mass is 222 g/mol. The third-order valence-electron chi connectivity index (χ3n) is 2.33. The first-order chi connectivity index (χ1) is 7.29. The maximum absolute atomic E-state index is 9.61. The van der Waals surface area contributed by atoms with Gasteiger partial charge in [0.05, 0.1) is 0 Å². The molecular formula is C11H16NO2Si. The van der Waals surface area contributed by atoms with E-state index in [4.69, 9.17) is 0 Å². The molecule has 0 aliphatic rings. The molecule has 0 saturated carbocycles. The van der Waals surface area contributed by atoms with Gasteiger partial charge in [0, 0.05) is 0 Å². The van der Waals surface area contributed by atoms with Crippen LogP contribution in [0, 0.1) is 0 Å². The lowest BCUT2D eigenvalue weighted by atomic mass is 10.1. The van der Waals surface area contributed by atoms with Gasteiger partial charge in [-0.3, -0.25) is 5.48 Å². The summed E-state index contributed by atoms with van der Waals surface area (Å²) in [5.41, 5.74) is 4.35. The van der Waals surface area contributed by atoms with Crippen LogP contribution in [0.25, 0.3) is 0 Å². The van der Waals surface area contributed by atoms with Gasteiger partial charge < -0.3 is 9.63 Å². The minimum absolute atomic E-state index is 0.210. The second-order valence-electron chi connectivity index (χ2n) is 3.47. The van der Waals surface area contributed by atoms with Gasteiger partial charge in [-0.25, -0.2) is 0 Å². The molecule has 15 heavy (non-hydrogen) atoms. The number of nitrogens with one attached hydrogen (secondary N) is 1. The Morgan fingerprint density at radius 2 is 2.20 bits per heavy atom. The number of phenolic OH excluding ortho intramolecular Hbond substituents is 1. The number of rotatable bonds is 6. The summed E-state index contributed by atoms with van der Waals surface area (Å²) in [5, 5.41) is 9.61. The number of hydrogen-bond acceptors (Lipinski definition) is 3. The van der Waals surface area contributed by atoms with Gasteiger partial charge in [0.1, 0.15) is 11.4 Å². The Labute approximate surface area is 94.0 Å². The molecule has 0 fully saturated rings. The van der Waals surface area contributed by atoms with Crippen molar-refractivity contribution < 1.29 is 9.63 Å². The van der Waals surface area contributed by atoms with Crippen LogP contribution < -0.4 is 5.48 Å². The molecule has 2 N–H and O–H groups in total. The molecule has 4 heteroatoms. The third kappa shape index (κ3) is 3.57. The van der Waals surface area contributed by atoms with Crippen molar-refractivity contribution in [1.29, 1.82) is 0 Å². The normalized spacial score (nSPS) is 10.3. The summed E-state index contributed by atoms with van der Waals surface area (Å²) >= 11 is 0. The molecule has 1 aromatic carbocycles. The molecule has 0 unspecified atom stereocenters. The van der Waals surface area contributed by atoms with E-state index in [0.717, 1.165) is 18.4 Å². The number of aryl methyl sites for hydroxylation is 1. The van der Waals surface area contributed by atoms with Crippen molar-refractivity contribution in [2.24, 2.45) is 0 Å². The maximum atomic E-state index is 9.61. The summed E-state index contributed by atoms with van der Waals surface area (Å²) < 4.78 is 4.65. The Bertz CT molecular complexity index is 305. The average Bonchev–Trinajstić information content (AvgIpc) is 2.23. The fraction of sp³-hybridized carbons (Fsp3) is 0.455. The van der Waals surface area contributed by atoms with Crippen LogP contribution >= 0.6 is 0 Å². The summed E-state index contributed by atoms with van der Waals surface area (Å²) in [6, 6.07) is 5.47. The zero-order valence-corrected chi connectivity index (χ0v) is 9.92. The average molecular weight is 222 g/mol. The minimum atomic E-state index is 0.210. The largest absolute Gasteiger partial charge is 0.506 e. The van der Waals surface area contributed by atoms with Crippen molar-refractivity contribution in [2.75, 3.05) is 5.48 Å². The highest BCUT2D eigenvalue weighted by molar-refractivity contribution is 5.98. The molecule has 81 valence electrons. The van der Waals surface area contributed by atoms with E-state index < -0.39 is 0 Å². The van der Waals surface area contributed by atoms with E-state index in [9.17, 15) is 5.11 Å². The smallest absolute Gasteiger partial charge is 0.291 e. The van der Waals surface area contributed by atoms with E-state index in [1.807, 2.05) is 12.1 Å². The number of hydrogen-bond donors (Lipinski definition) is 2. The van der Waals surface area contributed by atoms with Gasteiger partial charge in [0.25, 0.3) is 10.5 Å². The molecule has 0 aromatic heterocycles. The Kier molecular flexibility index (Phi) is 5.21. The topological polar surface area (TPSA) is 41.5 Å². The highest BCUT2D eigenvalue weighted by Crippen LogP contribution is 2.28. The fourth-order valence-corrected chi connectivity index (χ4v) is 1.63. The van der Waals surface area contributed by atoms with Crippen molar-refractivity contribution in [2.45, 2.75) is 32.6 Å². The zero-order chi connectivity index (χ0) is 11.1. The van der Waals surface area contributed by atoms with Gasteiger partial charge in [0.15, 0.2) is 0 Å². The van der Waals surface area contributed by atoms with Crippen molar-refractivity contribution >= 4 is 16.2 Å². The van der Waals surface area contributed by atoms with E-state index in [0.29, 0.717) is 5.69 Å². The van der Waals surface area contributed by atoms with E-state index in [2.05, 4.69) is 27.4 Å². The second-order valence-corrected chi connectivity index (χ2v) is 3.68. The lowest BCUT2D eigenvalue weighted by molar-refractivity contribution is 0.429. The molecule has 0 spiro atoms. The van der Waals surface area contributed by atoms with E-state index in [1.54, 1.807) is 6.07 Å². The van der Waals surface area contributed by atoms with Gasteiger partial charge in [0.2, 0.25) is 0 Å². The molecule has 3 nitrogen and oxygen atoms in total. The molecule has 0 saturated heterocycles. The van der Waals surface area contributed by atoms with Gasteiger partial charge in [-0.15, -0.1) is 0 Å². The van der Waals surface area contributed by atoms with Gasteiger partial charge >= 0.3 is 0 Å². The summed E-state index contributed by atoms with van der Waals surface area (Å²) in [4.78, 5) is 0. The molecule has 1 rings (SSSR count). The van der Waals surface area contributed by atoms with Gasteiger partial charge in [-0.1, -0.05) is 31.9 Å². The molecule has 0 bridgehead atoms. The van der Waals surface area contributed by atoms with Crippen LogP contribution in [0.15, 0.2) is 18.2 Å². The van der Waals surface area contributed by atoms with Crippen molar-refractivity contribution in [3.05, 3.63) is 23.8 Å². The van der Waals surface area contributed by atoms with Crippen molar-refractivity contribution in [3.8, 4) is 5.75 Å². The highest BCUT2D eigenvalue weighted by atomic mass is 28.2. The lowest BCUT2D eigenvalue weighted by Gasteiger charge is -2.11. The molecular weight excluding hydrogens is 206 g/mol. The van der Waals surface area contributed by atoms with E-state index in [-0.39, 0.29) is 5.75 Å². The SMILES string of the molecule is CCCCCc1cccc(O)c1NO[Si]. The number of anilines is 1. The first-order valence-electron chi connectivity index (χ1n) is 5.19. The van der Waals surface area contributed by atoms with Crippen molar-refractivity contribution in [1.82, 2.24) is 0 Å². The summed E-state index contributed by atoms with van der Waals surface area (Å²) in [7, 11) is 2.86. The Balaban J connectivity index is 2.71. The molecule has 0 amide bonds. The predicted octanol–water partition coefficient (Wildman–Crippen LogP) is 2.55. The maximum Gasteiger partial charge on any atom is 0.291 e. The molecule has 0 aliphatic carbocycles. The standard InChI is InChI=1S/C11H16NO2Si/c1-2-3-4-6-9-7-5-8-10(13)11(9)12-14-15/h5,7-8,12-13H,2-4,6H2,1H3. The second kappa shape index (κ2) is 6.47. The van der Waals surface area contributed by atoms with Gasteiger partial charge in [-0.05, 0) is 24.5 Å². The van der Waals surface area contributed by atoms with Crippen LogP contribution in [-0.4, -0.2) is 15.6 Å². The van der Waals surface area contributed by atoms with Crippen LogP contribution in [0.4, 0.5) is 5.69 Å². The summed E-state index contributed by atoms with van der Waals surface area (Å²) in [6.07, 6.45) is 4.45. The highest BCUT2D eigenvalue weighted by Gasteiger charge is 2.06. The fourth-order valence-electron chi connectivity index (χ4n) is 1.53. The van der Waals surface area contributed by atoms with Crippen molar-refractivity contribution in [3.63, 3.8) is 0 Å². The van der Waals surface area contributed by atoms with Gasteiger partial charge in [-0.2, -0.15) is 0 Å². The summed E-state index contributed by atoms with van der Waals surface area (Å²) in [6.45, 7) is 2.17. The molecule has 0 heterocycles. The van der Waals surface area contributed by atoms with Crippen LogP contribution in [0.2, 0.25) is 0 Å². The van der Waals surface area contributed by atoms with E-state index in [1.165, 1.54) is 12.8 Å². The van der Waals surface area contributed by atoms with Crippen LogP contribution in [0.1, 0.15) is 31.7 Å². The lowest BCUT2D eigenvalue weighted by Crippen LogP contribution is -2.01. The number of aromatic hydroxyl groups is 1. The number of phenols is 1. The minimum Gasteiger partial charge on any atom is -0.506 e. The predicted molar refractivity (Wildman–Crippen MR) is 61.8 cm³/mol. The molecule has 0 aliphatic heterocycles. The quantitative estimate of drug-likeness (QED) is 0.336. The Hall–Kier alpha value is -1.00. The first kappa shape index (κ1) is 12.1. The number of para-hydroxylation sites is 1. The first-order valence-corrected chi connectivity index (χ1v) is 5.59. The molecule has 0 atom stereocenters. The molecule has 3 radical (unpaired) electrons.